The summed E-state index contributed by atoms with van der Waals surface area (Å²) >= 11 is 0. The molecule has 1 aromatic heterocycles. The van der Waals surface area contributed by atoms with Gasteiger partial charge in [0.15, 0.2) is 5.84 Å². The zero-order valence-corrected chi connectivity index (χ0v) is 11.1. The first-order valence-corrected chi connectivity index (χ1v) is 5.84. The second-order valence-electron chi connectivity index (χ2n) is 4.20. The predicted molar refractivity (Wildman–Crippen MR) is 77.6 cm³/mol. The zero-order valence-electron chi connectivity index (χ0n) is 11.1. The van der Waals surface area contributed by atoms with Crippen LogP contribution in [-0.4, -0.2) is 21.5 Å². The van der Waals surface area contributed by atoms with Gasteiger partial charge >= 0.3 is 0 Å². The fourth-order valence-electron chi connectivity index (χ4n) is 1.57. The number of hydrogen-bond acceptors (Lipinski definition) is 6. The molecule has 20 heavy (non-hydrogen) atoms. The first-order chi connectivity index (χ1) is 9.51. The van der Waals surface area contributed by atoms with Crippen LogP contribution in [0.2, 0.25) is 0 Å². The highest BCUT2D eigenvalue weighted by Crippen LogP contribution is 2.17. The molecule has 0 saturated carbocycles. The third kappa shape index (κ3) is 2.70. The van der Waals surface area contributed by atoms with Gasteiger partial charge in [-0.2, -0.15) is 10.4 Å². The molecule has 2 rings (SSSR count). The van der Waals surface area contributed by atoms with Gasteiger partial charge in [-0.15, -0.1) is 0 Å². The number of nitriles is 1. The number of nitrogens with two attached hydrogens (primary N) is 1. The van der Waals surface area contributed by atoms with Gasteiger partial charge in [-0.3, -0.25) is 10.8 Å². The molecule has 1 aromatic carbocycles. The molecule has 0 spiro atoms. The molecule has 7 heteroatoms. The number of benzene rings is 1. The summed E-state index contributed by atoms with van der Waals surface area (Å²) in [7, 11) is 0. The number of fused-ring (bicyclic) bond motifs is 1. The van der Waals surface area contributed by atoms with Crippen molar-refractivity contribution in [2.45, 2.75) is 13.8 Å². The summed E-state index contributed by atoms with van der Waals surface area (Å²) in [6, 6.07) is 7.09. The predicted octanol–water partition coefficient (Wildman–Crippen LogP) is 1.47. The van der Waals surface area contributed by atoms with E-state index in [9.17, 15) is 0 Å². The molecule has 100 valence electrons. The monoisotopic (exact) mass is 267 g/mol. The van der Waals surface area contributed by atoms with Crippen molar-refractivity contribution in [3.8, 4) is 6.07 Å². The fraction of sp³-hybridized carbons (Fsp3) is 0.154. The van der Waals surface area contributed by atoms with Crippen LogP contribution in [0.5, 0.6) is 0 Å². The number of aryl methyl sites for hydroxylation is 2. The lowest BCUT2D eigenvalue weighted by molar-refractivity contribution is 1.10. The zero-order chi connectivity index (χ0) is 14.7. The van der Waals surface area contributed by atoms with Crippen LogP contribution in [0.25, 0.3) is 11.0 Å². The lowest BCUT2D eigenvalue weighted by atomic mass is 10.2. The van der Waals surface area contributed by atoms with Crippen LogP contribution in [0.1, 0.15) is 11.4 Å². The Labute approximate surface area is 115 Å². The molecule has 0 aliphatic rings. The Morgan fingerprint density at radius 2 is 1.95 bits per heavy atom. The van der Waals surface area contributed by atoms with Crippen LogP contribution < -0.4 is 11.2 Å². The van der Waals surface area contributed by atoms with Gasteiger partial charge in [-0.25, -0.2) is 9.97 Å². The van der Waals surface area contributed by atoms with E-state index in [4.69, 9.17) is 16.4 Å². The molecule has 0 aliphatic carbocycles. The van der Waals surface area contributed by atoms with E-state index >= 15 is 0 Å². The number of rotatable bonds is 3. The fourth-order valence-corrected chi connectivity index (χ4v) is 1.57. The number of aromatic nitrogens is 2. The lowest BCUT2D eigenvalue weighted by Gasteiger charge is -2.05. The van der Waals surface area contributed by atoms with Crippen LogP contribution in [0.15, 0.2) is 23.3 Å². The summed E-state index contributed by atoms with van der Waals surface area (Å²) < 4.78 is 0. The summed E-state index contributed by atoms with van der Waals surface area (Å²) in [5.74, 6) is -0.382. The first kappa shape index (κ1) is 13.4. The molecule has 0 unspecified atom stereocenters. The summed E-state index contributed by atoms with van der Waals surface area (Å²) in [6.07, 6.45) is 0. The maximum Gasteiger partial charge on any atom is 0.201 e. The summed E-state index contributed by atoms with van der Waals surface area (Å²) in [4.78, 5) is 8.86. The molecule has 0 saturated heterocycles. The summed E-state index contributed by atoms with van der Waals surface area (Å²) in [6.45, 7) is 3.80. The smallest absolute Gasteiger partial charge is 0.201 e. The van der Waals surface area contributed by atoms with Crippen molar-refractivity contribution in [1.29, 1.82) is 10.7 Å². The number of anilines is 1. The van der Waals surface area contributed by atoms with Gasteiger partial charge in [-0.1, -0.05) is 0 Å². The Kier molecular flexibility index (Phi) is 3.57. The van der Waals surface area contributed by atoms with Crippen LogP contribution in [0, 0.1) is 30.6 Å². The van der Waals surface area contributed by atoms with Gasteiger partial charge in [0, 0.05) is 0 Å². The van der Waals surface area contributed by atoms with E-state index in [-0.39, 0.29) is 11.5 Å². The van der Waals surface area contributed by atoms with E-state index < -0.39 is 0 Å². The topological polar surface area (TPSA) is 124 Å². The molecule has 7 nitrogen and oxygen atoms in total. The normalized spacial score (nSPS) is 11.2. The highest BCUT2D eigenvalue weighted by Gasteiger charge is 2.04. The van der Waals surface area contributed by atoms with Crippen molar-refractivity contribution in [2.24, 2.45) is 10.8 Å². The summed E-state index contributed by atoms with van der Waals surface area (Å²) in [5, 5.41) is 19.7. The quantitative estimate of drug-likeness (QED) is 0.441. The highest BCUT2D eigenvalue weighted by atomic mass is 15.3. The van der Waals surface area contributed by atoms with Gasteiger partial charge in [0.2, 0.25) is 5.71 Å². The Morgan fingerprint density at radius 1 is 1.30 bits per heavy atom. The van der Waals surface area contributed by atoms with Crippen LogP contribution >= 0.6 is 0 Å². The molecular weight excluding hydrogens is 254 g/mol. The van der Waals surface area contributed by atoms with Gasteiger partial charge in [0.25, 0.3) is 0 Å². The molecule has 0 radical (unpaired) electrons. The minimum atomic E-state index is -0.382. The van der Waals surface area contributed by atoms with Gasteiger partial charge in [0.1, 0.15) is 6.07 Å². The molecular formula is C13H13N7. The SMILES string of the molecule is Cc1nc2ccc(N/N=C(\C#N)C(=N)N)cc2nc1C. The number of hydrogen-bond donors (Lipinski definition) is 3. The van der Waals surface area contributed by atoms with Crippen molar-refractivity contribution < 1.29 is 0 Å². The Balaban J connectivity index is 2.35. The molecule has 0 amide bonds. The van der Waals surface area contributed by atoms with Crippen molar-refractivity contribution in [3.63, 3.8) is 0 Å². The van der Waals surface area contributed by atoms with Crippen molar-refractivity contribution in [3.05, 3.63) is 29.6 Å². The van der Waals surface area contributed by atoms with E-state index in [0.717, 1.165) is 22.4 Å². The van der Waals surface area contributed by atoms with Gasteiger partial charge < -0.3 is 5.73 Å². The molecule has 0 bridgehead atoms. The minimum absolute atomic E-state index is 0.170. The maximum atomic E-state index is 8.75. The number of nitrogens with one attached hydrogen (secondary N) is 2. The first-order valence-electron chi connectivity index (χ1n) is 5.84. The average molecular weight is 267 g/mol. The number of hydrazone groups is 1. The molecule has 1 heterocycles. The van der Waals surface area contributed by atoms with E-state index in [2.05, 4.69) is 20.5 Å². The van der Waals surface area contributed by atoms with Crippen molar-refractivity contribution in [2.75, 3.05) is 5.43 Å². The summed E-state index contributed by atoms with van der Waals surface area (Å²) in [5.41, 5.74) is 11.6. The van der Waals surface area contributed by atoms with Crippen LogP contribution in [0.3, 0.4) is 0 Å². The molecule has 0 atom stereocenters. The van der Waals surface area contributed by atoms with Gasteiger partial charge in [-0.05, 0) is 32.0 Å². The minimum Gasteiger partial charge on any atom is -0.382 e. The van der Waals surface area contributed by atoms with Crippen LogP contribution in [-0.2, 0) is 0 Å². The maximum absolute atomic E-state index is 8.75. The van der Waals surface area contributed by atoms with Crippen LogP contribution in [0.4, 0.5) is 5.69 Å². The van der Waals surface area contributed by atoms with Gasteiger partial charge in [0.05, 0.1) is 28.1 Å². The average Bonchev–Trinajstić information content (AvgIpc) is 2.40. The largest absolute Gasteiger partial charge is 0.382 e. The molecule has 0 aliphatic heterocycles. The number of nitrogens with zero attached hydrogens (tertiary/aromatic N) is 4. The van der Waals surface area contributed by atoms with E-state index in [0.29, 0.717) is 5.69 Å². The third-order valence-corrected chi connectivity index (χ3v) is 2.73. The highest BCUT2D eigenvalue weighted by molar-refractivity contribution is 6.45. The number of amidine groups is 1. The molecule has 4 N–H and O–H groups in total. The molecule has 2 aromatic rings. The second-order valence-corrected chi connectivity index (χ2v) is 4.20. The lowest BCUT2D eigenvalue weighted by Crippen LogP contribution is -2.21. The van der Waals surface area contributed by atoms with E-state index in [1.165, 1.54) is 0 Å². The van der Waals surface area contributed by atoms with E-state index in [1.54, 1.807) is 18.2 Å². The Hall–Kier alpha value is -3.01. The Morgan fingerprint density at radius 3 is 2.55 bits per heavy atom. The standard InChI is InChI=1S/C13H13N7/c1-7-8(2)18-11-5-9(3-4-10(11)17-7)19-20-12(6-14)13(15)16/h3-5,19H,1-2H3,(H3,15,16)/b20-12+. The van der Waals surface area contributed by atoms with Crippen molar-refractivity contribution in [1.82, 2.24) is 9.97 Å². The second kappa shape index (κ2) is 5.32. The molecule has 0 fully saturated rings. The van der Waals surface area contributed by atoms with E-state index in [1.807, 2.05) is 19.9 Å². The van der Waals surface area contributed by atoms with Crippen molar-refractivity contribution >= 4 is 28.3 Å². The third-order valence-electron chi connectivity index (χ3n) is 2.73. The Bertz CT molecular complexity index is 755.